The minimum atomic E-state index is -0.592. The first-order chi connectivity index (χ1) is 10.7. The summed E-state index contributed by atoms with van der Waals surface area (Å²) in [6.45, 7) is 0. The van der Waals surface area contributed by atoms with E-state index in [4.69, 9.17) is 0 Å². The summed E-state index contributed by atoms with van der Waals surface area (Å²) < 4.78 is 0. The van der Waals surface area contributed by atoms with Gasteiger partial charge in [0.25, 0.3) is 5.91 Å². The second-order valence-electron chi connectivity index (χ2n) is 6.00. The van der Waals surface area contributed by atoms with Crippen LogP contribution in [0.15, 0.2) is 36.5 Å². The SMILES string of the molecule is O=C(N[C@@H]1c2ccccc2C[C@@H]1O)c1ccnc(C2CC2)n1. The van der Waals surface area contributed by atoms with Crippen LogP contribution in [-0.4, -0.2) is 27.1 Å². The molecule has 5 nitrogen and oxygen atoms in total. The molecule has 2 aliphatic carbocycles. The highest BCUT2D eigenvalue weighted by Gasteiger charge is 2.33. The molecular weight excluding hydrogens is 278 g/mol. The number of amides is 1. The average molecular weight is 295 g/mol. The summed E-state index contributed by atoms with van der Waals surface area (Å²) in [5, 5.41) is 13.1. The van der Waals surface area contributed by atoms with Crippen LogP contribution in [0.4, 0.5) is 0 Å². The zero-order chi connectivity index (χ0) is 15.1. The molecule has 1 aromatic heterocycles. The third kappa shape index (κ3) is 2.37. The van der Waals surface area contributed by atoms with Gasteiger partial charge in [-0.2, -0.15) is 0 Å². The number of nitrogens with zero attached hydrogens (tertiary/aromatic N) is 2. The highest BCUT2D eigenvalue weighted by Crippen LogP contribution is 2.37. The molecule has 0 bridgehead atoms. The Bertz CT molecular complexity index is 727. The van der Waals surface area contributed by atoms with E-state index in [1.165, 1.54) is 0 Å². The lowest BCUT2D eigenvalue weighted by Gasteiger charge is -2.17. The van der Waals surface area contributed by atoms with Gasteiger partial charge >= 0.3 is 0 Å². The molecule has 112 valence electrons. The van der Waals surface area contributed by atoms with E-state index in [-0.39, 0.29) is 11.9 Å². The predicted molar refractivity (Wildman–Crippen MR) is 80.4 cm³/mol. The van der Waals surface area contributed by atoms with Gasteiger partial charge in [0, 0.05) is 18.5 Å². The first kappa shape index (κ1) is 13.4. The Morgan fingerprint density at radius 2 is 2.05 bits per heavy atom. The Hall–Kier alpha value is -2.27. The second-order valence-corrected chi connectivity index (χ2v) is 6.00. The quantitative estimate of drug-likeness (QED) is 0.904. The van der Waals surface area contributed by atoms with Crippen molar-refractivity contribution in [1.82, 2.24) is 15.3 Å². The van der Waals surface area contributed by atoms with Gasteiger partial charge in [0.05, 0.1) is 12.1 Å². The number of rotatable bonds is 3. The molecule has 2 N–H and O–H groups in total. The number of hydrogen-bond donors (Lipinski definition) is 2. The molecule has 5 heteroatoms. The van der Waals surface area contributed by atoms with Crippen LogP contribution in [0.25, 0.3) is 0 Å². The molecular formula is C17H17N3O2. The Kier molecular flexibility index (Phi) is 3.15. The van der Waals surface area contributed by atoms with Crippen LogP contribution in [0.5, 0.6) is 0 Å². The fraction of sp³-hybridized carbons (Fsp3) is 0.353. The largest absolute Gasteiger partial charge is 0.390 e. The number of hydrogen-bond acceptors (Lipinski definition) is 4. The molecule has 2 aromatic rings. The van der Waals surface area contributed by atoms with E-state index in [9.17, 15) is 9.90 Å². The number of carbonyl (C=O) groups excluding carboxylic acids is 1. The molecule has 0 unspecified atom stereocenters. The van der Waals surface area contributed by atoms with E-state index in [0.29, 0.717) is 18.0 Å². The molecule has 2 atom stereocenters. The van der Waals surface area contributed by atoms with Crippen LogP contribution in [0.1, 0.15) is 52.2 Å². The van der Waals surface area contributed by atoms with Crippen molar-refractivity contribution in [3.8, 4) is 0 Å². The number of aliphatic hydroxyl groups is 1. The van der Waals surface area contributed by atoms with Gasteiger partial charge in [-0.1, -0.05) is 24.3 Å². The zero-order valence-corrected chi connectivity index (χ0v) is 12.1. The van der Waals surface area contributed by atoms with E-state index >= 15 is 0 Å². The molecule has 0 saturated heterocycles. The van der Waals surface area contributed by atoms with Gasteiger partial charge in [-0.3, -0.25) is 4.79 Å². The third-order valence-corrected chi connectivity index (χ3v) is 4.34. The maximum Gasteiger partial charge on any atom is 0.270 e. The summed E-state index contributed by atoms with van der Waals surface area (Å²) in [5.41, 5.74) is 2.44. The maximum absolute atomic E-state index is 12.4. The summed E-state index contributed by atoms with van der Waals surface area (Å²) in [7, 11) is 0. The summed E-state index contributed by atoms with van der Waals surface area (Å²) in [5.74, 6) is 0.899. The average Bonchev–Trinajstić information content (AvgIpc) is 3.34. The number of benzene rings is 1. The second kappa shape index (κ2) is 5.18. The molecule has 1 heterocycles. The zero-order valence-electron chi connectivity index (χ0n) is 12.1. The van der Waals surface area contributed by atoms with Crippen molar-refractivity contribution in [2.45, 2.75) is 37.3 Å². The molecule has 0 spiro atoms. The van der Waals surface area contributed by atoms with Crippen LogP contribution in [-0.2, 0) is 6.42 Å². The first-order valence-electron chi connectivity index (χ1n) is 7.62. The Labute approximate surface area is 128 Å². The lowest BCUT2D eigenvalue weighted by Crippen LogP contribution is -2.34. The summed E-state index contributed by atoms with van der Waals surface area (Å²) in [6, 6.07) is 9.05. The van der Waals surface area contributed by atoms with Crippen molar-refractivity contribution in [2.24, 2.45) is 0 Å². The number of nitrogens with one attached hydrogen (secondary N) is 1. The van der Waals surface area contributed by atoms with Crippen LogP contribution in [0.2, 0.25) is 0 Å². The third-order valence-electron chi connectivity index (χ3n) is 4.34. The fourth-order valence-corrected chi connectivity index (χ4v) is 3.00. The Morgan fingerprint density at radius 1 is 1.23 bits per heavy atom. The number of aromatic nitrogens is 2. The lowest BCUT2D eigenvalue weighted by molar-refractivity contribution is 0.0853. The topological polar surface area (TPSA) is 75.1 Å². The van der Waals surface area contributed by atoms with Gasteiger partial charge in [0.1, 0.15) is 11.5 Å². The molecule has 1 saturated carbocycles. The van der Waals surface area contributed by atoms with Crippen LogP contribution in [0.3, 0.4) is 0 Å². The standard InChI is InChI=1S/C17H17N3O2/c21-14-9-11-3-1-2-4-12(11)15(14)20-17(22)13-7-8-18-16(19-13)10-5-6-10/h1-4,7-8,10,14-15,21H,5-6,9H2,(H,20,22)/t14-,15+/m0/s1. The number of carbonyl (C=O) groups is 1. The lowest BCUT2D eigenvalue weighted by atomic mass is 10.1. The van der Waals surface area contributed by atoms with E-state index < -0.39 is 6.10 Å². The molecule has 2 aliphatic rings. The van der Waals surface area contributed by atoms with Crippen LogP contribution >= 0.6 is 0 Å². The van der Waals surface area contributed by atoms with Crippen molar-refractivity contribution in [1.29, 1.82) is 0 Å². The number of aliphatic hydroxyl groups excluding tert-OH is 1. The minimum Gasteiger partial charge on any atom is -0.390 e. The maximum atomic E-state index is 12.4. The molecule has 0 radical (unpaired) electrons. The summed E-state index contributed by atoms with van der Waals surface area (Å²) >= 11 is 0. The Balaban J connectivity index is 1.56. The van der Waals surface area contributed by atoms with E-state index in [2.05, 4.69) is 15.3 Å². The normalized spacial score (nSPS) is 23.1. The Morgan fingerprint density at radius 3 is 2.86 bits per heavy atom. The van der Waals surface area contributed by atoms with Crippen molar-refractivity contribution >= 4 is 5.91 Å². The van der Waals surface area contributed by atoms with Gasteiger partial charge in [-0.25, -0.2) is 9.97 Å². The molecule has 1 aromatic carbocycles. The minimum absolute atomic E-state index is 0.259. The van der Waals surface area contributed by atoms with E-state index in [0.717, 1.165) is 29.8 Å². The van der Waals surface area contributed by atoms with Crippen molar-refractivity contribution in [2.75, 3.05) is 0 Å². The molecule has 22 heavy (non-hydrogen) atoms. The molecule has 0 aliphatic heterocycles. The van der Waals surface area contributed by atoms with Crippen LogP contribution < -0.4 is 5.32 Å². The van der Waals surface area contributed by atoms with Crippen LogP contribution in [0, 0.1) is 0 Å². The fourth-order valence-electron chi connectivity index (χ4n) is 3.00. The van der Waals surface area contributed by atoms with Crippen molar-refractivity contribution < 1.29 is 9.90 Å². The van der Waals surface area contributed by atoms with E-state index in [1.807, 2.05) is 24.3 Å². The van der Waals surface area contributed by atoms with Gasteiger partial charge in [0.15, 0.2) is 0 Å². The molecule has 1 amide bonds. The van der Waals surface area contributed by atoms with E-state index in [1.54, 1.807) is 12.3 Å². The monoisotopic (exact) mass is 295 g/mol. The smallest absolute Gasteiger partial charge is 0.270 e. The predicted octanol–water partition coefficient (Wildman–Crippen LogP) is 1.74. The molecule has 1 fully saturated rings. The van der Waals surface area contributed by atoms with Gasteiger partial charge in [-0.15, -0.1) is 0 Å². The first-order valence-corrected chi connectivity index (χ1v) is 7.62. The van der Waals surface area contributed by atoms with Crippen molar-refractivity contribution in [3.63, 3.8) is 0 Å². The van der Waals surface area contributed by atoms with Crippen molar-refractivity contribution in [3.05, 3.63) is 59.2 Å². The highest BCUT2D eigenvalue weighted by atomic mass is 16.3. The summed E-state index contributed by atoms with van der Waals surface area (Å²) in [4.78, 5) is 21.0. The van der Waals surface area contributed by atoms with Gasteiger partial charge in [0.2, 0.25) is 0 Å². The number of fused-ring (bicyclic) bond motifs is 1. The summed E-state index contributed by atoms with van der Waals surface area (Å²) in [6.07, 6.45) is 3.80. The van der Waals surface area contributed by atoms with Gasteiger partial charge < -0.3 is 10.4 Å². The van der Waals surface area contributed by atoms with Gasteiger partial charge in [-0.05, 0) is 30.0 Å². The highest BCUT2D eigenvalue weighted by molar-refractivity contribution is 5.92. The molecule has 4 rings (SSSR count).